The molecule has 0 unspecified atom stereocenters. The van der Waals surface area contributed by atoms with Gasteiger partial charge < -0.3 is 9.84 Å². The first kappa shape index (κ1) is 8.70. The van der Waals surface area contributed by atoms with E-state index in [4.69, 9.17) is 16.3 Å². The maximum Gasteiger partial charge on any atom is 0.127 e. The predicted molar refractivity (Wildman–Crippen MR) is 51.6 cm³/mol. The Labute approximate surface area is 82.1 Å². The van der Waals surface area contributed by atoms with Gasteiger partial charge in [-0.1, -0.05) is 11.6 Å². The molecular formula is C10H11ClO2. The molecule has 2 rings (SSSR count). The Hall–Kier alpha value is -0.890. The Morgan fingerprint density at radius 2 is 2.15 bits per heavy atom. The second-order valence-electron chi connectivity index (χ2n) is 3.32. The number of methoxy groups -OCH3 is 1. The number of phenolic OH excluding ortho intramolecular Hbond substituents is 1. The predicted octanol–water partition coefficient (Wildman–Crippen LogP) is 2.93. The monoisotopic (exact) mass is 198 g/mol. The molecule has 0 aliphatic heterocycles. The summed E-state index contributed by atoms with van der Waals surface area (Å²) in [6.07, 6.45) is 2.34. The van der Waals surface area contributed by atoms with E-state index in [0.717, 1.165) is 5.56 Å². The highest BCUT2D eigenvalue weighted by molar-refractivity contribution is 6.31. The minimum absolute atomic E-state index is 0.159. The molecule has 0 spiro atoms. The van der Waals surface area contributed by atoms with Gasteiger partial charge in [0, 0.05) is 11.6 Å². The summed E-state index contributed by atoms with van der Waals surface area (Å²) in [5.41, 5.74) is 1.04. The van der Waals surface area contributed by atoms with E-state index in [2.05, 4.69) is 0 Å². The number of phenols is 1. The molecule has 0 amide bonds. The van der Waals surface area contributed by atoms with Crippen molar-refractivity contribution in [2.24, 2.45) is 0 Å². The first-order valence-corrected chi connectivity index (χ1v) is 4.66. The average Bonchev–Trinajstić information content (AvgIpc) is 2.86. The van der Waals surface area contributed by atoms with Crippen LogP contribution in [-0.2, 0) is 0 Å². The van der Waals surface area contributed by atoms with Crippen LogP contribution in [0.5, 0.6) is 11.5 Å². The summed E-state index contributed by atoms with van der Waals surface area (Å²) >= 11 is 6.01. The molecule has 1 aromatic carbocycles. The fourth-order valence-electron chi connectivity index (χ4n) is 1.52. The van der Waals surface area contributed by atoms with Crippen molar-refractivity contribution in [3.8, 4) is 11.5 Å². The molecule has 1 aliphatic rings. The van der Waals surface area contributed by atoms with Crippen LogP contribution in [0.4, 0.5) is 0 Å². The molecule has 0 radical (unpaired) electrons. The van der Waals surface area contributed by atoms with Crippen molar-refractivity contribution in [1.29, 1.82) is 0 Å². The lowest BCUT2D eigenvalue weighted by Gasteiger charge is -2.09. The Morgan fingerprint density at radius 3 is 2.69 bits per heavy atom. The summed E-state index contributed by atoms with van der Waals surface area (Å²) in [4.78, 5) is 0. The molecule has 1 fully saturated rings. The van der Waals surface area contributed by atoms with Crippen molar-refractivity contribution < 1.29 is 9.84 Å². The summed E-state index contributed by atoms with van der Waals surface area (Å²) in [6, 6.07) is 3.18. The maximum atomic E-state index is 9.29. The second kappa shape index (κ2) is 3.11. The molecule has 3 heteroatoms. The van der Waals surface area contributed by atoms with Crippen LogP contribution in [0, 0.1) is 0 Å². The summed E-state index contributed by atoms with van der Waals surface area (Å²) < 4.78 is 5.16. The number of rotatable bonds is 2. The lowest BCUT2D eigenvalue weighted by atomic mass is 10.1. The summed E-state index contributed by atoms with van der Waals surface area (Å²) in [6.45, 7) is 0. The van der Waals surface area contributed by atoms with Gasteiger partial charge in [0.2, 0.25) is 0 Å². The van der Waals surface area contributed by atoms with E-state index < -0.39 is 0 Å². The minimum Gasteiger partial charge on any atom is -0.508 e. The molecule has 0 saturated heterocycles. The Bertz CT molecular complexity index is 332. The molecule has 0 bridgehead atoms. The van der Waals surface area contributed by atoms with Crippen LogP contribution in [0.1, 0.15) is 24.3 Å². The van der Waals surface area contributed by atoms with E-state index in [0.29, 0.717) is 16.7 Å². The Morgan fingerprint density at radius 1 is 1.46 bits per heavy atom. The van der Waals surface area contributed by atoms with Gasteiger partial charge in [-0.05, 0) is 24.8 Å². The van der Waals surface area contributed by atoms with Gasteiger partial charge in [-0.15, -0.1) is 0 Å². The standard InChI is InChI=1S/C10H11ClO2/c1-13-9-5-7(12)4-8(11)10(9)6-2-3-6/h4-6,12H,2-3H2,1H3. The van der Waals surface area contributed by atoms with Crippen molar-refractivity contribution >= 4 is 11.6 Å². The van der Waals surface area contributed by atoms with E-state index in [1.807, 2.05) is 0 Å². The molecular weight excluding hydrogens is 188 g/mol. The smallest absolute Gasteiger partial charge is 0.127 e. The van der Waals surface area contributed by atoms with Gasteiger partial charge in [-0.25, -0.2) is 0 Å². The molecule has 0 aromatic heterocycles. The van der Waals surface area contributed by atoms with Gasteiger partial charge >= 0.3 is 0 Å². The molecule has 2 nitrogen and oxygen atoms in total. The van der Waals surface area contributed by atoms with E-state index in [1.165, 1.54) is 12.8 Å². The van der Waals surface area contributed by atoms with E-state index in [-0.39, 0.29) is 5.75 Å². The minimum atomic E-state index is 0.159. The highest BCUT2D eigenvalue weighted by Gasteiger charge is 2.29. The summed E-state index contributed by atoms with van der Waals surface area (Å²) in [5.74, 6) is 1.39. The average molecular weight is 199 g/mol. The van der Waals surface area contributed by atoms with Crippen molar-refractivity contribution in [1.82, 2.24) is 0 Å². The van der Waals surface area contributed by atoms with E-state index in [1.54, 1.807) is 19.2 Å². The molecule has 1 saturated carbocycles. The summed E-state index contributed by atoms with van der Waals surface area (Å²) in [7, 11) is 1.59. The number of hydrogen-bond donors (Lipinski definition) is 1. The third kappa shape index (κ3) is 1.59. The van der Waals surface area contributed by atoms with Crippen LogP contribution >= 0.6 is 11.6 Å². The van der Waals surface area contributed by atoms with Gasteiger partial charge in [0.05, 0.1) is 12.1 Å². The number of benzene rings is 1. The molecule has 13 heavy (non-hydrogen) atoms. The van der Waals surface area contributed by atoms with Crippen molar-refractivity contribution in [2.75, 3.05) is 7.11 Å². The van der Waals surface area contributed by atoms with Gasteiger partial charge in [-0.3, -0.25) is 0 Å². The second-order valence-corrected chi connectivity index (χ2v) is 3.73. The van der Waals surface area contributed by atoms with Crippen molar-refractivity contribution in [3.63, 3.8) is 0 Å². The Kier molecular flexibility index (Phi) is 2.08. The van der Waals surface area contributed by atoms with Crippen molar-refractivity contribution in [2.45, 2.75) is 18.8 Å². The largest absolute Gasteiger partial charge is 0.508 e. The van der Waals surface area contributed by atoms with Crippen molar-refractivity contribution in [3.05, 3.63) is 22.7 Å². The van der Waals surface area contributed by atoms with Crippen LogP contribution in [0.2, 0.25) is 5.02 Å². The van der Waals surface area contributed by atoms with Crippen LogP contribution in [0.15, 0.2) is 12.1 Å². The van der Waals surface area contributed by atoms with Gasteiger partial charge in [0.25, 0.3) is 0 Å². The van der Waals surface area contributed by atoms with Crippen LogP contribution in [-0.4, -0.2) is 12.2 Å². The molecule has 1 N–H and O–H groups in total. The quantitative estimate of drug-likeness (QED) is 0.792. The molecule has 1 aromatic rings. The molecule has 0 atom stereocenters. The molecule has 0 heterocycles. The lowest BCUT2D eigenvalue weighted by Crippen LogP contribution is -1.90. The SMILES string of the molecule is COc1cc(O)cc(Cl)c1C1CC1. The normalized spacial score (nSPS) is 15.8. The number of halogens is 1. The van der Waals surface area contributed by atoms with Gasteiger partial charge in [0.15, 0.2) is 0 Å². The van der Waals surface area contributed by atoms with Gasteiger partial charge in [-0.2, -0.15) is 0 Å². The zero-order valence-corrected chi connectivity index (χ0v) is 8.14. The zero-order valence-electron chi connectivity index (χ0n) is 7.38. The fraction of sp³-hybridized carbons (Fsp3) is 0.400. The van der Waals surface area contributed by atoms with Crippen LogP contribution in [0.3, 0.4) is 0 Å². The lowest BCUT2D eigenvalue weighted by molar-refractivity contribution is 0.403. The number of ether oxygens (including phenoxy) is 1. The van der Waals surface area contributed by atoms with E-state index in [9.17, 15) is 5.11 Å². The Balaban J connectivity index is 2.50. The highest BCUT2D eigenvalue weighted by Crippen LogP contribution is 2.48. The maximum absolute atomic E-state index is 9.29. The van der Waals surface area contributed by atoms with Gasteiger partial charge in [0.1, 0.15) is 11.5 Å². The molecule has 70 valence electrons. The third-order valence-electron chi connectivity index (χ3n) is 2.28. The first-order chi connectivity index (χ1) is 6.22. The number of aromatic hydroxyl groups is 1. The first-order valence-electron chi connectivity index (χ1n) is 4.28. The van der Waals surface area contributed by atoms with Crippen LogP contribution < -0.4 is 4.74 Å². The van der Waals surface area contributed by atoms with Crippen LogP contribution in [0.25, 0.3) is 0 Å². The van der Waals surface area contributed by atoms with E-state index >= 15 is 0 Å². The molecule has 1 aliphatic carbocycles. The zero-order chi connectivity index (χ0) is 9.42. The topological polar surface area (TPSA) is 29.5 Å². The highest BCUT2D eigenvalue weighted by atomic mass is 35.5. The number of hydrogen-bond acceptors (Lipinski definition) is 2. The fourth-order valence-corrected chi connectivity index (χ4v) is 1.88. The third-order valence-corrected chi connectivity index (χ3v) is 2.59. The summed E-state index contributed by atoms with van der Waals surface area (Å²) in [5, 5.41) is 9.90.